The van der Waals surface area contributed by atoms with Crippen LogP contribution in [0, 0.1) is 18.8 Å². The van der Waals surface area contributed by atoms with Gasteiger partial charge in [-0.05, 0) is 37.5 Å². The average molecular weight is 510 g/mol. The maximum Gasteiger partial charge on any atom is 0.255 e. The third-order valence-electron chi connectivity index (χ3n) is 6.46. The molecule has 3 N–H and O–H groups in total. The molecule has 188 valence electrons. The summed E-state index contributed by atoms with van der Waals surface area (Å²) in [5.41, 5.74) is 8.34. The number of benzene rings is 1. The number of rotatable bonds is 6. The molecule has 0 aliphatic carbocycles. The number of ether oxygens (including phenoxy) is 1. The number of fused-ring (bicyclic) bond motifs is 1. The number of nitrogens with one attached hydrogen (secondary N) is 1. The van der Waals surface area contributed by atoms with Gasteiger partial charge < -0.3 is 25.3 Å². The van der Waals surface area contributed by atoms with Gasteiger partial charge in [0.1, 0.15) is 17.2 Å². The molecule has 2 aromatic heterocycles. The van der Waals surface area contributed by atoms with Gasteiger partial charge in [-0.2, -0.15) is 5.10 Å². The van der Waals surface area contributed by atoms with Crippen molar-refractivity contribution in [3.05, 3.63) is 52.5 Å². The first-order valence-electron chi connectivity index (χ1n) is 11.4. The SMILES string of the molecule is C=CC(=O)N1C[C@@H](n2nc(C#Cc3cc4nc(C)n(C)c4cc3Cl)c(C(N)=O)c2NC)C[C@@H]1COC. The lowest BCUT2D eigenvalue weighted by Crippen LogP contribution is -2.37. The molecule has 0 spiro atoms. The van der Waals surface area contributed by atoms with Crippen LogP contribution in [0.15, 0.2) is 24.8 Å². The summed E-state index contributed by atoms with van der Waals surface area (Å²) >= 11 is 6.49. The van der Waals surface area contributed by atoms with Crippen molar-refractivity contribution in [2.75, 3.05) is 32.6 Å². The fourth-order valence-corrected chi connectivity index (χ4v) is 4.83. The number of nitrogens with two attached hydrogens (primary N) is 1. The van der Waals surface area contributed by atoms with E-state index < -0.39 is 5.91 Å². The molecule has 1 saturated heterocycles. The van der Waals surface area contributed by atoms with E-state index in [9.17, 15) is 9.59 Å². The average Bonchev–Trinajstić information content (AvgIpc) is 3.51. The summed E-state index contributed by atoms with van der Waals surface area (Å²) in [5.74, 6) is 6.43. The molecule has 0 bridgehead atoms. The Hall–Kier alpha value is -3.81. The first-order chi connectivity index (χ1) is 17.2. The third kappa shape index (κ3) is 4.43. The number of hydrogen-bond donors (Lipinski definition) is 2. The van der Waals surface area contributed by atoms with Gasteiger partial charge in [-0.1, -0.05) is 24.1 Å². The second-order valence-corrected chi connectivity index (χ2v) is 9.02. The van der Waals surface area contributed by atoms with Crippen molar-refractivity contribution in [3.63, 3.8) is 0 Å². The monoisotopic (exact) mass is 509 g/mol. The smallest absolute Gasteiger partial charge is 0.255 e. The van der Waals surface area contributed by atoms with Crippen LogP contribution in [0.5, 0.6) is 0 Å². The zero-order valence-corrected chi connectivity index (χ0v) is 21.4. The lowest BCUT2D eigenvalue weighted by atomic mass is 10.1. The van der Waals surface area contributed by atoms with E-state index in [2.05, 4.69) is 33.8 Å². The number of amides is 2. The van der Waals surface area contributed by atoms with Gasteiger partial charge in [0.05, 0.1) is 34.7 Å². The van der Waals surface area contributed by atoms with Crippen LogP contribution < -0.4 is 11.1 Å². The van der Waals surface area contributed by atoms with Gasteiger partial charge in [-0.3, -0.25) is 9.59 Å². The van der Waals surface area contributed by atoms with E-state index in [4.69, 9.17) is 22.1 Å². The molecule has 0 radical (unpaired) electrons. The highest BCUT2D eigenvalue weighted by molar-refractivity contribution is 6.32. The molecule has 1 aromatic carbocycles. The normalized spacial score (nSPS) is 17.2. The lowest BCUT2D eigenvalue weighted by Gasteiger charge is -2.22. The van der Waals surface area contributed by atoms with Crippen LogP contribution in [0.4, 0.5) is 5.82 Å². The van der Waals surface area contributed by atoms with E-state index in [1.807, 2.05) is 30.7 Å². The van der Waals surface area contributed by atoms with Crippen molar-refractivity contribution < 1.29 is 14.3 Å². The molecule has 10 nitrogen and oxygen atoms in total. The Balaban J connectivity index is 1.76. The Bertz CT molecular complexity index is 1430. The number of primary amides is 1. The van der Waals surface area contributed by atoms with Gasteiger partial charge in [-0.25, -0.2) is 9.67 Å². The molecule has 1 aliphatic rings. The maximum atomic E-state index is 12.4. The molecule has 1 aliphatic heterocycles. The topological polar surface area (TPSA) is 120 Å². The van der Waals surface area contributed by atoms with E-state index in [0.717, 1.165) is 16.9 Å². The molecule has 3 heterocycles. The van der Waals surface area contributed by atoms with Gasteiger partial charge >= 0.3 is 0 Å². The molecule has 1 fully saturated rings. The minimum Gasteiger partial charge on any atom is -0.383 e. The summed E-state index contributed by atoms with van der Waals surface area (Å²) in [7, 11) is 5.19. The molecule has 3 aromatic rings. The zero-order chi connectivity index (χ0) is 26.1. The standard InChI is InChI=1S/C25H28ClN7O3/c1-6-22(34)32-12-16(10-17(32)13-36-5)33-25(28-3)23(24(27)35)19(30-33)8-7-15-9-20-21(11-18(15)26)31(4)14(2)29-20/h6,9,11,16-17,28H,1,10,12-13H2,2-5H3,(H2,27,35)/t16-,17+/m0/s1. The number of nitrogens with zero attached hydrogens (tertiary/aromatic N) is 5. The number of carbonyl (C=O) groups excluding carboxylic acids is 2. The third-order valence-corrected chi connectivity index (χ3v) is 6.77. The highest BCUT2D eigenvalue weighted by atomic mass is 35.5. The number of carbonyl (C=O) groups is 2. The van der Waals surface area contributed by atoms with Crippen molar-refractivity contribution in [1.82, 2.24) is 24.2 Å². The molecule has 2 amide bonds. The quantitative estimate of drug-likeness (QED) is 0.388. The van der Waals surface area contributed by atoms with E-state index >= 15 is 0 Å². The van der Waals surface area contributed by atoms with Gasteiger partial charge in [0.25, 0.3) is 5.91 Å². The van der Waals surface area contributed by atoms with Crippen LogP contribution in [0.2, 0.25) is 5.02 Å². The first kappa shape index (κ1) is 25.3. The van der Waals surface area contributed by atoms with Crippen LogP contribution >= 0.6 is 11.6 Å². The Morgan fingerprint density at radius 2 is 2.14 bits per heavy atom. The predicted molar refractivity (Wildman–Crippen MR) is 138 cm³/mol. The Kier molecular flexibility index (Phi) is 7.06. The Morgan fingerprint density at radius 1 is 1.39 bits per heavy atom. The van der Waals surface area contributed by atoms with E-state index in [0.29, 0.717) is 36.0 Å². The number of methoxy groups -OCH3 is 1. The Morgan fingerprint density at radius 3 is 2.78 bits per heavy atom. The molecular weight excluding hydrogens is 482 g/mol. The molecule has 11 heteroatoms. The fraction of sp³-hybridized carbons (Fsp3) is 0.360. The maximum absolute atomic E-state index is 12.4. The number of imidazole rings is 1. The van der Waals surface area contributed by atoms with E-state index in [1.165, 1.54) is 6.08 Å². The fourth-order valence-electron chi connectivity index (χ4n) is 4.62. The minimum atomic E-state index is -0.665. The minimum absolute atomic E-state index is 0.154. The number of hydrogen-bond acceptors (Lipinski definition) is 6. The van der Waals surface area contributed by atoms with E-state index in [1.54, 1.807) is 23.7 Å². The van der Waals surface area contributed by atoms with E-state index in [-0.39, 0.29) is 29.2 Å². The van der Waals surface area contributed by atoms with Gasteiger partial charge in [0, 0.05) is 33.3 Å². The predicted octanol–water partition coefficient (Wildman–Crippen LogP) is 2.25. The zero-order valence-electron chi connectivity index (χ0n) is 20.6. The molecule has 2 atom stereocenters. The van der Waals surface area contributed by atoms with Crippen LogP contribution in [-0.4, -0.2) is 69.4 Å². The molecule has 0 saturated carbocycles. The van der Waals surface area contributed by atoms with Gasteiger partial charge in [-0.15, -0.1) is 0 Å². The molecule has 0 unspecified atom stereocenters. The number of halogens is 1. The van der Waals surface area contributed by atoms with Crippen LogP contribution in [0.25, 0.3) is 11.0 Å². The van der Waals surface area contributed by atoms with Crippen LogP contribution in [0.1, 0.15) is 39.9 Å². The second-order valence-electron chi connectivity index (χ2n) is 8.61. The molecular formula is C25H28ClN7O3. The number of likely N-dealkylation sites (tertiary alicyclic amines) is 1. The van der Waals surface area contributed by atoms with Gasteiger partial charge in [0.2, 0.25) is 5.91 Å². The number of aryl methyl sites for hydroxylation is 2. The summed E-state index contributed by atoms with van der Waals surface area (Å²) in [6.45, 7) is 6.25. The van der Waals surface area contributed by atoms with Crippen LogP contribution in [0.3, 0.4) is 0 Å². The molecule has 4 rings (SSSR count). The lowest BCUT2D eigenvalue weighted by molar-refractivity contribution is -0.127. The number of aromatic nitrogens is 4. The van der Waals surface area contributed by atoms with Crippen molar-refractivity contribution in [1.29, 1.82) is 0 Å². The highest BCUT2D eigenvalue weighted by Crippen LogP contribution is 2.32. The first-order valence-corrected chi connectivity index (χ1v) is 11.7. The summed E-state index contributed by atoms with van der Waals surface area (Å²) < 4.78 is 8.93. The summed E-state index contributed by atoms with van der Waals surface area (Å²) in [6.07, 6.45) is 1.86. The molecule has 36 heavy (non-hydrogen) atoms. The number of anilines is 1. The van der Waals surface area contributed by atoms with Crippen LogP contribution in [-0.2, 0) is 16.6 Å². The Labute approximate surface area is 214 Å². The van der Waals surface area contributed by atoms with Crippen molar-refractivity contribution in [3.8, 4) is 11.8 Å². The summed E-state index contributed by atoms with van der Waals surface area (Å²) in [5, 5.41) is 8.13. The summed E-state index contributed by atoms with van der Waals surface area (Å²) in [4.78, 5) is 31.1. The van der Waals surface area contributed by atoms with Crippen molar-refractivity contribution in [2.24, 2.45) is 12.8 Å². The highest BCUT2D eigenvalue weighted by Gasteiger charge is 2.37. The largest absolute Gasteiger partial charge is 0.383 e. The second kappa shape index (κ2) is 10.0. The summed E-state index contributed by atoms with van der Waals surface area (Å²) in [6, 6.07) is 3.25. The van der Waals surface area contributed by atoms with Crippen molar-refractivity contribution in [2.45, 2.75) is 25.4 Å². The van der Waals surface area contributed by atoms with Gasteiger partial charge in [0.15, 0.2) is 5.69 Å². The van der Waals surface area contributed by atoms with Crippen molar-refractivity contribution >= 4 is 40.3 Å².